The van der Waals surface area contributed by atoms with Gasteiger partial charge in [-0.15, -0.1) is 0 Å². The number of fused-ring (bicyclic) bond motifs is 1. The number of nitrogens with one attached hydrogen (secondary N) is 1. The molecular weight excluding hydrogens is 314 g/mol. The molecule has 0 unspecified atom stereocenters. The number of nitrogens with zero attached hydrogens (tertiary/aromatic N) is 4. The van der Waals surface area contributed by atoms with Gasteiger partial charge >= 0.3 is 0 Å². The quantitative estimate of drug-likeness (QED) is 0.778. The van der Waals surface area contributed by atoms with Crippen molar-refractivity contribution < 1.29 is 4.74 Å². The average molecular weight is 337 g/mol. The molecule has 0 fully saturated rings. The Bertz CT molecular complexity index is 852. The van der Waals surface area contributed by atoms with Gasteiger partial charge in [0.25, 0.3) is 0 Å². The Labute approximate surface area is 147 Å². The van der Waals surface area contributed by atoms with Crippen molar-refractivity contribution in [1.82, 2.24) is 24.6 Å². The molecule has 25 heavy (non-hydrogen) atoms. The van der Waals surface area contributed by atoms with E-state index < -0.39 is 0 Å². The molecule has 3 aromatic rings. The van der Waals surface area contributed by atoms with Crippen LogP contribution in [0.1, 0.15) is 23.5 Å². The average Bonchev–Trinajstić information content (AvgIpc) is 3.18. The van der Waals surface area contributed by atoms with Crippen molar-refractivity contribution in [3.05, 3.63) is 59.8 Å². The van der Waals surface area contributed by atoms with E-state index in [1.165, 1.54) is 5.82 Å². The first-order valence-electron chi connectivity index (χ1n) is 8.69. The van der Waals surface area contributed by atoms with Gasteiger partial charge in [0.2, 0.25) is 5.88 Å². The standard InChI is InChI=1S/C19H23N5O/c1-14-17(12-21-15-8-9-18-20-10-11-24(18)13-15)19(23(2)22-14)25-16-6-4-3-5-7-16/h3-7,10-11,15,21H,8-9,12-13H2,1-2H3/t15-/m1/s1. The molecule has 6 nitrogen and oxygen atoms in total. The highest BCUT2D eigenvalue weighted by molar-refractivity contribution is 5.35. The molecular formula is C19H23N5O. The van der Waals surface area contributed by atoms with Crippen molar-refractivity contribution in [2.75, 3.05) is 0 Å². The van der Waals surface area contributed by atoms with Gasteiger partial charge in [0.05, 0.1) is 11.3 Å². The zero-order valence-electron chi connectivity index (χ0n) is 14.6. The fraction of sp³-hybridized carbons (Fsp3) is 0.368. The molecule has 0 saturated heterocycles. The number of hydrogen-bond donors (Lipinski definition) is 1. The minimum Gasteiger partial charge on any atom is -0.439 e. The van der Waals surface area contributed by atoms with Crippen LogP contribution in [-0.4, -0.2) is 25.4 Å². The van der Waals surface area contributed by atoms with Crippen molar-refractivity contribution in [2.24, 2.45) is 7.05 Å². The smallest absolute Gasteiger partial charge is 0.222 e. The number of aryl methyl sites for hydroxylation is 3. The Morgan fingerprint density at radius 2 is 2.12 bits per heavy atom. The molecule has 130 valence electrons. The van der Waals surface area contributed by atoms with Crippen LogP contribution in [0.3, 0.4) is 0 Å². The number of benzene rings is 1. The second-order valence-electron chi connectivity index (χ2n) is 6.52. The van der Waals surface area contributed by atoms with E-state index in [0.29, 0.717) is 6.04 Å². The van der Waals surface area contributed by atoms with Gasteiger partial charge in [-0.3, -0.25) is 0 Å². The predicted octanol–water partition coefficient (Wildman–Crippen LogP) is 2.82. The number of ether oxygens (including phenoxy) is 1. The van der Waals surface area contributed by atoms with E-state index in [1.54, 1.807) is 0 Å². The summed E-state index contributed by atoms with van der Waals surface area (Å²) in [5.41, 5.74) is 2.11. The maximum atomic E-state index is 6.09. The van der Waals surface area contributed by atoms with Gasteiger partial charge in [0, 0.05) is 45.0 Å². The van der Waals surface area contributed by atoms with Gasteiger partial charge in [-0.2, -0.15) is 5.10 Å². The van der Waals surface area contributed by atoms with Crippen LogP contribution in [0.4, 0.5) is 0 Å². The van der Waals surface area contributed by atoms with Gasteiger partial charge in [0.1, 0.15) is 11.6 Å². The molecule has 4 rings (SSSR count). The fourth-order valence-electron chi connectivity index (χ4n) is 3.39. The molecule has 1 aromatic carbocycles. The molecule has 0 amide bonds. The normalized spacial score (nSPS) is 16.6. The minimum absolute atomic E-state index is 0.436. The van der Waals surface area contributed by atoms with Crippen molar-refractivity contribution in [3.8, 4) is 11.6 Å². The fourth-order valence-corrected chi connectivity index (χ4v) is 3.39. The van der Waals surface area contributed by atoms with E-state index >= 15 is 0 Å². The first-order chi connectivity index (χ1) is 12.2. The highest BCUT2D eigenvalue weighted by atomic mass is 16.5. The first-order valence-corrected chi connectivity index (χ1v) is 8.69. The molecule has 0 radical (unpaired) electrons. The summed E-state index contributed by atoms with van der Waals surface area (Å²) < 4.78 is 10.1. The van der Waals surface area contributed by atoms with Gasteiger partial charge < -0.3 is 14.6 Å². The lowest BCUT2D eigenvalue weighted by molar-refractivity contribution is 0.373. The summed E-state index contributed by atoms with van der Waals surface area (Å²) in [6, 6.07) is 10.3. The van der Waals surface area contributed by atoms with Gasteiger partial charge in [-0.25, -0.2) is 9.67 Å². The highest BCUT2D eigenvalue weighted by Gasteiger charge is 2.21. The summed E-state index contributed by atoms with van der Waals surface area (Å²) >= 11 is 0. The molecule has 0 bridgehead atoms. The summed E-state index contributed by atoms with van der Waals surface area (Å²) in [6.45, 7) is 3.74. The monoisotopic (exact) mass is 337 g/mol. The lowest BCUT2D eigenvalue weighted by Gasteiger charge is -2.25. The number of imidazole rings is 1. The second-order valence-corrected chi connectivity index (χ2v) is 6.52. The Kier molecular flexibility index (Phi) is 4.28. The molecule has 1 N–H and O–H groups in total. The SMILES string of the molecule is Cc1nn(C)c(Oc2ccccc2)c1CN[C@@H]1CCc2nccn2C1. The third-order valence-electron chi connectivity index (χ3n) is 4.75. The van der Waals surface area contributed by atoms with Gasteiger partial charge in [-0.1, -0.05) is 18.2 Å². The molecule has 1 aliphatic heterocycles. The van der Waals surface area contributed by atoms with E-state index in [1.807, 2.05) is 55.2 Å². The van der Waals surface area contributed by atoms with Crippen molar-refractivity contribution >= 4 is 0 Å². The molecule has 2 aromatic heterocycles. The molecule has 0 spiro atoms. The molecule has 6 heteroatoms. The van der Waals surface area contributed by atoms with E-state index in [0.717, 1.165) is 48.8 Å². The number of para-hydroxylation sites is 1. The lowest BCUT2D eigenvalue weighted by atomic mass is 10.1. The van der Waals surface area contributed by atoms with Crippen LogP contribution >= 0.6 is 0 Å². The Morgan fingerprint density at radius 3 is 2.96 bits per heavy atom. The Hall–Kier alpha value is -2.60. The summed E-state index contributed by atoms with van der Waals surface area (Å²) in [5, 5.41) is 8.20. The molecule has 1 atom stereocenters. The third kappa shape index (κ3) is 3.30. The number of aromatic nitrogens is 4. The molecule has 3 heterocycles. The maximum absolute atomic E-state index is 6.09. The summed E-state index contributed by atoms with van der Waals surface area (Å²) in [5.74, 6) is 2.81. The predicted molar refractivity (Wildman–Crippen MR) is 95.6 cm³/mol. The van der Waals surface area contributed by atoms with Crippen LogP contribution in [0.25, 0.3) is 0 Å². The zero-order chi connectivity index (χ0) is 17.2. The highest BCUT2D eigenvalue weighted by Crippen LogP contribution is 2.27. The Balaban J connectivity index is 1.47. The summed E-state index contributed by atoms with van der Waals surface area (Å²) in [6.07, 6.45) is 6.06. The van der Waals surface area contributed by atoms with Crippen LogP contribution in [0, 0.1) is 6.92 Å². The van der Waals surface area contributed by atoms with Crippen molar-refractivity contribution in [2.45, 2.75) is 38.9 Å². The lowest BCUT2D eigenvalue weighted by Crippen LogP contribution is -2.37. The largest absolute Gasteiger partial charge is 0.439 e. The topological polar surface area (TPSA) is 56.9 Å². The van der Waals surface area contributed by atoms with Gasteiger partial charge in [0.15, 0.2) is 0 Å². The van der Waals surface area contributed by atoms with Gasteiger partial charge in [-0.05, 0) is 25.5 Å². The Morgan fingerprint density at radius 1 is 1.28 bits per heavy atom. The minimum atomic E-state index is 0.436. The van der Waals surface area contributed by atoms with E-state index in [-0.39, 0.29) is 0 Å². The summed E-state index contributed by atoms with van der Waals surface area (Å²) in [7, 11) is 1.92. The number of hydrogen-bond acceptors (Lipinski definition) is 4. The van der Waals surface area contributed by atoms with Crippen molar-refractivity contribution in [3.63, 3.8) is 0 Å². The van der Waals surface area contributed by atoms with E-state index in [2.05, 4.69) is 26.2 Å². The van der Waals surface area contributed by atoms with Crippen LogP contribution < -0.4 is 10.1 Å². The van der Waals surface area contributed by atoms with Crippen molar-refractivity contribution in [1.29, 1.82) is 0 Å². The molecule has 0 saturated carbocycles. The third-order valence-corrected chi connectivity index (χ3v) is 4.75. The second kappa shape index (κ2) is 6.72. The van der Waals surface area contributed by atoms with Crippen LogP contribution in [0.5, 0.6) is 11.6 Å². The van der Waals surface area contributed by atoms with E-state index in [4.69, 9.17) is 4.74 Å². The maximum Gasteiger partial charge on any atom is 0.222 e. The summed E-state index contributed by atoms with van der Waals surface area (Å²) in [4.78, 5) is 4.39. The molecule has 1 aliphatic rings. The van der Waals surface area contributed by atoms with Crippen LogP contribution in [0.15, 0.2) is 42.7 Å². The first kappa shape index (κ1) is 15.9. The van der Waals surface area contributed by atoms with E-state index in [9.17, 15) is 0 Å². The zero-order valence-corrected chi connectivity index (χ0v) is 14.6. The molecule has 0 aliphatic carbocycles. The number of rotatable bonds is 5. The van der Waals surface area contributed by atoms with Crippen LogP contribution in [-0.2, 0) is 26.6 Å². The van der Waals surface area contributed by atoms with Crippen LogP contribution in [0.2, 0.25) is 0 Å².